The molecule has 0 spiro atoms. The number of carbonyl (C=O) groups excluding carboxylic acids is 1. The number of nitrogens with one attached hydrogen (secondary N) is 1. The van der Waals surface area contributed by atoms with E-state index in [1.54, 1.807) is 24.3 Å². The zero-order valence-corrected chi connectivity index (χ0v) is 11.7. The molecule has 2 N–H and O–H groups in total. The van der Waals surface area contributed by atoms with Gasteiger partial charge in [0.15, 0.2) is 0 Å². The number of rotatable bonds is 3. The zero-order valence-electron chi connectivity index (χ0n) is 10.2. The average Bonchev–Trinajstić information content (AvgIpc) is 2.43. The van der Waals surface area contributed by atoms with Crippen LogP contribution in [0.1, 0.15) is 15.9 Å². The first-order valence-electron chi connectivity index (χ1n) is 5.64. The molecule has 2 rings (SSSR count). The second kappa shape index (κ2) is 6.41. The molecule has 0 aliphatic rings. The van der Waals surface area contributed by atoms with Gasteiger partial charge in [0.2, 0.25) is 0 Å². The van der Waals surface area contributed by atoms with Gasteiger partial charge in [0.1, 0.15) is 5.75 Å². The van der Waals surface area contributed by atoms with Crippen molar-refractivity contribution >= 4 is 35.3 Å². The van der Waals surface area contributed by atoms with E-state index in [0.717, 1.165) is 0 Å². The zero-order chi connectivity index (χ0) is 14.5. The Hall–Kier alpha value is -2.04. The first-order valence-corrected chi connectivity index (χ1v) is 6.40. The molecule has 0 bridgehead atoms. The Bertz CT molecular complexity index is 672. The number of hydrogen-bond acceptors (Lipinski definition) is 3. The number of benzene rings is 2. The maximum atomic E-state index is 11.9. The minimum atomic E-state index is -0.482. The minimum absolute atomic E-state index is 0.0753. The van der Waals surface area contributed by atoms with Crippen LogP contribution in [0.2, 0.25) is 10.0 Å². The van der Waals surface area contributed by atoms with Crippen molar-refractivity contribution in [3.63, 3.8) is 0 Å². The highest BCUT2D eigenvalue weighted by Gasteiger charge is 2.09. The molecule has 0 fully saturated rings. The number of hydrazone groups is 1. The fraction of sp³-hybridized carbons (Fsp3) is 0. The molecule has 2 aromatic rings. The highest BCUT2D eigenvalue weighted by molar-refractivity contribution is 6.35. The molecule has 0 saturated heterocycles. The van der Waals surface area contributed by atoms with E-state index in [2.05, 4.69) is 10.5 Å². The van der Waals surface area contributed by atoms with Crippen LogP contribution in [0, 0.1) is 0 Å². The van der Waals surface area contributed by atoms with Gasteiger partial charge in [-0.1, -0.05) is 35.3 Å². The van der Waals surface area contributed by atoms with Crippen molar-refractivity contribution in [3.8, 4) is 5.75 Å². The molecule has 0 aliphatic heterocycles. The number of phenols is 1. The maximum Gasteiger partial charge on any atom is 0.272 e. The van der Waals surface area contributed by atoms with E-state index in [0.29, 0.717) is 10.6 Å². The van der Waals surface area contributed by atoms with Crippen LogP contribution in [-0.2, 0) is 0 Å². The SMILES string of the molecule is O=C(N/N=C/c1ccccc1O)c1cc(Cl)ccc1Cl. The van der Waals surface area contributed by atoms with Crippen molar-refractivity contribution in [1.29, 1.82) is 0 Å². The smallest absolute Gasteiger partial charge is 0.272 e. The molecule has 1 amide bonds. The summed E-state index contributed by atoms with van der Waals surface area (Å²) in [4.78, 5) is 11.9. The lowest BCUT2D eigenvalue weighted by Gasteiger charge is -2.03. The molecule has 0 radical (unpaired) electrons. The topological polar surface area (TPSA) is 61.7 Å². The largest absolute Gasteiger partial charge is 0.507 e. The number of halogens is 2. The van der Waals surface area contributed by atoms with E-state index in [4.69, 9.17) is 23.2 Å². The van der Waals surface area contributed by atoms with Crippen molar-refractivity contribution < 1.29 is 9.90 Å². The second-order valence-electron chi connectivity index (χ2n) is 3.88. The van der Waals surface area contributed by atoms with Gasteiger partial charge in [-0.3, -0.25) is 4.79 Å². The molecule has 0 aliphatic carbocycles. The summed E-state index contributed by atoms with van der Waals surface area (Å²) in [6.07, 6.45) is 1.34. The Morgan fingerprint density at radius 3 is 2.70 bits per heavy atom. The van der Waals surface area contributed by atoms with Gasteiger partial charge >= 0.3 is 0 Å². The summed E-state index contributed by atoms with van der Waals surface area (Å²) in [6, 6.07) is 11.2. The lowest BCUT2D eigenvalue weighted by molar-refractivity contribution is 0.0955. The van der Waals surface area contributed by atoms with E-state index < -0.39 is 5.91 Å². The van der Waals surface area contributed by atoms with Crippen molar-refractivity contribution in [3.05, 3.63) is 63.6 Å². The van der Waals surface area contributed by atoms with Crippen molar-refractivity contribution in [2.75, 3.05) is 0 Å². The van der Waals surface area contributed by atoms with Gasteiger partial charge in [-0.25, -0.2) is 5.43 Å². The van der Waals surface area contributed by atoms with Crippen LogP contribution >= 0.6 is 23.2 Å². The Morgan fingerprint density at radius 1 is 1.20 bits per heavy atom. The molecule has 0 heterocycles. The average molecular weight is 309 g/mol. The van der Waals surface area contributed by atoms with Crippen LogP contribution in [0.5, 0.6) is 5.75 Å². The quantitative estimate of drug-likeness (QED) is 0.674. The second-order valence-corrected chi connectivity index (χ2v) is 4.73. The molecule has 0 atom stereocenters. The molecular formula is C14H10Cl2N2O2. The van der Waals surface area contributed by atoms with Crippen LogP contribution in [0.25, 0.3) is 0 Å². The third-order valence-corrected chi connectivity index (χ3v) is 3.04. The molecule has 102 valence electrons. The maximum absolute atomic E-state index is 11.9. The first-order chi connectivity index (χ1) is 9.58. The van der Waals surface area contributed by atoms with E-state index in [9.17, 15) is 9.90 Å². The van der Waals surface area contributed by atoms with Crippen LogP contribution in [-0.4, -0.2) is 17.2 Å². The molecule has 6 heteroatoms. The highest BCUT2D eigenvalue weighted by Crippen LogP contribution is 2.20. The molecule has 4 nitrogen and oxygen atoms in total. The van der Waals surface area contributed by atoms with Crippen LogP contribution in [0.3, 0.4) is 0 Å². The molecule has 0 saturated carbocycles. The molecular weight excluding hydrogens is 299 g/mol. The normalized spacial score (nSPS) is 10.7. The number of amides is 1. The summed E-state index contributed by atoms with van der Waals surface area (Å²) in [5.41, 5.74) is 3.04. The van der Waals surface area contributed by atoms with E-state index in [-0.39, 0.29) is 16.3 Å². The monoisotopic (exact) mass is 308 g/mol. The van der Waals surface area contributed by atoms with E-state index >= 15 is 0 Å². The first kappa shape index (κ1) is 14.4. The Balaban J connectivity index is 2.09. The summed E-state index contributed by atoms with van der Waals surface area (Å²) in [7, 11) is 0. The Labute approximate surface area is 125 Å². The number of nitrogens with zero attached hydrogens (tertiary/aromatic N) is 1. The van der Waals surface area contributed by atoms with Crippen molar-refractivity contribution in [2.24, 2.45) is 5.10 Å². The fourth-order valence-electron chi connectivity index (χ4n) is 1.49. The van der Waals surface area contributed by atoms with Gasteiger partial charge in [-0.05, 0) is 30.3 Å². The number of carbonyl (C=O) groups is 1. The predicted octanol–water partition coefficient (Wildman–Crippen LogP) is 3.46. The van der Waals surface area contributed by atoms with Crippen molar-refractivity contribution in [1.82, 2.24) is 5.43 Å². The standard InChI is InChI=1S/C14H10Cl2N2O2/c15-10-5-6-12(16)11(7-10)14(20)18-17-8-9-3-1-2-4-13(9)19/h1-8,19H,(H,18,20)/b17-8+. The number of para-hydroxylation sites is 1. The summed E-state index contributed by atoms with van der Waals surface area (Å²) in [5.74, 6) is -0.407. The summed E-state index contributed by atoms with van der Waals surface area (Å²) in [6.45, 7) is 0. The highest BCUT2D eigenvalue weighted by atomic mass is 35.5. The van der Waals surface area contributed by atoms with Crippen LogP contribution in [0.4, 0.5) is 0 Å². The van der Waals surface area contributed by atoms with Gasteiger partial charge in [-0.2, -0.15) is 5.10 Å². The summed E-state index contributed by atoms with van der Waals surface area (Å²) >= 11 is 11.7. The lowest BCUT2D eigenvalue weighted by atomic mass is 10.2. The molecule has 20 heavy (non-hydrogen) atoms. The van der Waals surface area contributed by atoms with Gasteiger partial charge in [0.05, 0.1) is 16.8 Å². The van der Waals surface area contributed by atoms with Gasteiger partial charge < -0.3 is 5.11 Å². The third kappa shape index (κ3) is 3.50. The predicted molar refractivity (Wildman–Crippen MR) is 79.6 cm³/mol. The number of hydrogen-bond donors (Lipinski definition) is 2. The van der Waals surface area contributed by atoms with Gasteiger partial charge in [0, 0.05) is 10.6 Å². The Kier molecular flexibility index (Phi) is 4.61. The van der Waals surface area contributed by atoms with Gasteiger partial charge in [0.25, 0.3) is 5.91 Å². The third-order valence-electron chi connectivity index (χ3n) is 2.48. The van der Waals surface area contributed by atoms with E-state index in [1.807, 2.05) is 0 Å². The molecule has 2 aromatic carbocycles. The summed E-state index contributed by atoms with van der Waals surface area (Å²) in [5, 5.41) is 14.0. The fourth-order valence-corrected chi connectivity index (χ4v) is 1.86. The molecule has 0 aromatic heterocycles. The number of aromatic hydroxyl groups is 1. The van der Waals surface area contributed by atoms with Crippen molar-refractivity contribution in [2.45, 2.75) is 0 Å². The molecule has 0 unspecified atom stereocenters. The van der Waals surface area contributed by atoms with Crippen LogP contribution < -0.4 is 5.43 Å². The minimum Gasteiger partial charge on any atom is -0.507 e. The lowest BCUT2D eigenvalue weighted by Crippen LogP contribution is -2.18. The van der Waals surface area contributed by atoms with Gasteiger partial charge in [-0.15, -0.1) is 0 Å². The number of phenolic OH excluding ortho intramolecular Hbond substituents is 1. The van der Waals surface area contributed by atoms with Crippen LogP contribution in [0.15, 0.2) is 47.6 Å². The van der Waals surface area contributed by atoms with E-state index in [1.165, 1.54) is 24.4 Å². The summed E-state index contributed by atoms with van der Waals surface area (Å²) < 4.78 is 0. The Morgan fingerprint density at radius 2 is 1.95 bits per heavy atom.